The standard InChI is InChI=1S/C15H14ClN5O3/c16-10-1-2-12(21-9-17-8-18-21)11(7-10)19-13(22)5-6-20-14(23)3-4-15(20)24/h1-2,7-9H,3-6H2,(H,19,22). The summed E-state index contributed by atoms with van der Waals surface area (Å²) in [6.45, 7) is 0.0721. The molecule has 0 aliphatic carbocycles. The van der Waals surface area contributed by atoms with Crippen LogP contribution in [0.4, 0.5) is 5.69 Å². The topological polar surface area (TPSA) is 97.2 Å². The van der Waals surface area contributed by atoms with Crippen molar-refractivity contribution in [3.63, 3.8) is 0 Å². The summed E-state index contributed by atoms with van der Waals surface area (Å²) in [6.07, 6.45) is 3.32. The highest BCUT2D eigenvalue weighted by molar-refractivity contribution is 6.31. The van der Waals surface area contributed by atoms with Gasteiger partial charge in [0.05, 0.1) is 11.4 Å². The molecule has 1 N–H and O–H groups in total. The molecule has 1 saturated heterocycles. The second kappa shape index (κ2) is 6.79. The number of likely N-dealkylation sites (tertiary alicyclic amines) is 1. The van der Waals surface area contributed by atoms with Crippen LogP contribution in [0.5, 0.6) is 0 Å². The first-order chi connectivity index (χ1) is 11.5. The third kappa shape index (κ3) is 3.43. The highest BCUT2D eigenvalue weighted by atomic mass is 35.5. The molecule has 1 aliphatic heterocycles. The number of aromatic nitrogens is 3. The summed E-state index contributed by atoms with van der Waals surface area (Å²) >= 11 is 5.99. The van der Waals surface area contributed by atoms with Gasteiger partial charge in [-0.05, 0) is 18.2 Å². The molecule has 0 unspecified atom stereocenters. The third-order valence-corrected chi connectivity index (χ3v) is 3.85. The summed E-state index contributed by atoms with van der Waals surface area (Å²) in [5, 5.41) is 7.22. The zero-order valence-corrected chi connectivity index (χ0v) is 13.4. The average molecular weight is 348 g/mol. The summed E-state index contributed by atoms with van der Waals surface area (Å²) in [6, 6.07) is 4.98. The Bertz CT molecular complexity index is 774. The SMILES string of the molecule is O=C(CCN1C(=O)CCC1=O)Nc1cc(Cl)ccc1-n1cncn1. The molecular formula is C15H14ClN5O3. The van der Waals surface area contributed by atoms with Crippen LogP contribution in [0.1, 0.15) is 19.3 Å². The monoisotopic (exact) mass is 347 g/mol. The van der Waals surface area contributed by atoms with Crippen molar-refractivity contribution in [3.05, 3.63) is 35.9 Å². The summed E-state index contributed by atoms with van der Waals surface area (Å²) in [5.41, 5.74) is 1.08. The van der Waals surface area contributed by atoms with Crippen molar-refractivity contribution in [1.29, 1.82) is 0 Å². The smallest absolute Gasteiger partial charge is 0.229 e. The summed E-state index contributed by atoms with van der Waals surface area (Å²) < 4.78 is 1.50. The van der Waals surface area contributed by atoms with E-state index >= 15 is 0 Å². The fourth-order valence-corrected chi connectivity index (χ4v) is 2.61. The molecule has 0 atom stereocenters. The minimum Gasteiger partial charge on any atom is -0.324 e. The van der Waals surface area contributed by atoms with Gasteiger partial charge in [0.25, 0.3) is 0 Å². The first-order valence-corrected chi connectivity index (χ1v) is 7.70. The first-order valence-electron chi connectivity index (χ1n) is 7.32. The number of hydrogen-bond donors (Lipinski definition) is 1. The molecule has 1 fully saturated rings. The van der Waals surface area contributed by atoms with Gasteiger partial charge in [-0.2, -0.15) is 5.10 Å². The Kier molecular flexibility index (Phi) is 4.57. The molecule has 0 radical (unpaired) electrons. The maximum Gasteiger partial charge on any atom is 0.229 e. The zero-order valence-electron chi connectivity index (χ0n) is 12.6. The lowest BCUT2D eigenvalue weighted by molar-refractivity contribution is -0.138. The highest BCUT2D eigenvalue weighted by Gasteiger charge is 2.28. The van der Waals surface area contributed by atoms with E-state index in [1.54, 1.807) is 18.2 Å². The summed E-state index contributed by atoms with van der Waals surface area (Å²) in [5.74, 6) is -0.802. The summed E-state index contributed by atoms with van der Waals surface area (Å²) in [4.78, 5) is 40.3. The van der Waals surface area contributed by atoms with Gasteiger partial charge < -0.3 is 5.32 Å². The number of halogens is 1. The van der Waals surface area contributed by atoms with Gasteiger partial charge in [-0.3, -0.25) is 19.3 Å². The van der Waals surface area contributed by atoms with E-state index in [0.29, 0.717) is 16.4 Å². The van der Waals surface area contributed by atoms with E-state index < -0.39 is 0 Å². The number of carbonyl (C=O) groups is 3. The Morgan fingerprint density at radius 2 is 2.00 bits per heavy atom. The second-order valence-electron chi connectivity index (χ2n) is 5.24. The maximum atomic E-state index is 12.2. The molecule has 0 bridgehead atoms. The van der Waals surface area contributed by atoms with Gasteiger partial charge in [-0.15, -0.1) is 0 Å². The first kappa shape index (κ1) is 16.1. The van der Waals surface area contributed by atoms with Gasteiger partial charge in [-0.25, -0.2) is 9.67 Å². The van der Waals surface area contributed by atoms with Crippen molar-refractivity contribution in [3.8, 4) is 5.69 Å². The third-order valence-electron chi connectivity index (χ3n) is 3.62. The van der Waals surface area contributed by atoms with E-state index in [1.807, 2.05) is 0 Å². The molecule has 1 aromatic carbocycles. The highest BCUT2D eigenvalue weighted by Crippen LogP contribution is 2.24. The molecule has 1 aromatic heterocycles. The molecule has 3 amide bonds. The molecule has 24 heavy (non-hydrogen) atoms. The fraction of sp³-hybridized carbons (Fsp3) is 0.267. The Morgan fingerprint density at radius 3 is 2.67 bits per heavy atom. The predicted molar refractivity (Wildman–Crippen MR) is 85.6 cm³/mol. The van der Waals surface area contributed by atoms with Crippen LogP contribution in [0.25, 0.3) is 5.69 Å². The van der Waals surface area contributed by atoms with Crippen molar-refractivity contribution < 1.29 is 14.4 Å². The Labute approximate surface area is 142 Å². The van der Waals surface area contributed by atoms with E-state index in [4.69, 9.17) is 11.6 Å². The van der Waals surface area contributed by atoms with Gasteiger partial charge in [0.2, 0.25) is 17.7 Å². The number of imide groups is 1. The number of anilines is 1. The lowest BCUT2D eigenvalue weighted by atomic mass is 10.2. The molecule has 1 aliphatic rings. The Hall–Kier alpha value is -2.74. The second-order valence-corrected chi connectivity index (χ2v) is 5.68. The van der Waals surface area contributed by atoms with Gasteiger partial charge in [0, 0.05) is 30.8 Å². The number of nitrogens with zero attached hydrogens (tertiary/aromatic N) is 4. The van der Waals surface area contributed by atoms with E-state index in [1.165, 1.54) is 17.3 Å². The van der Waals surface area contributed by atoms with Crippen molar-refractivity contribution in [2.24, 2.45) is 0 Å². The van der Waals surface area contributed by atoms with Gasteiger partial charge in [0.15, 0.2) is 0 Å². The van der Waals surface area contributed by atoms with Crippen LogP contribution in [0.15, 0.2) is 30.9 Å². The van der Waals surface area contributed by atoms with Crippen LogP contribution in [-0.2, 0) is 14.4 Å². The molecule has 3 rings (SSSR count). The van der Waals surface area contributed by atoms with Crippen LogP contribution < -0.4 is 5.32 Å². The van der Waals surface area contributed by atoms with Crippen molar-refractivity contribution in [2.45, 2.75) is 19.3 Å². The number of amides is 3. The molecule has 0 spiro atoms. The van der Waals surface area contributed by atoms with E-state index in [-0.39, 0.29) is 43.5 Å². The molecule has 2 aromatic rings. The average Bonchev–Trinajstić information content (AvgIpc) is 3.17. The molecule has 124 valence electrons. The van der Waals surface area contributed by atoms with Crippen LogP contribution in [-0.4, -0.2) is 43.9 Å². The normalized spacial score (nSPS) is 14.3. The van der Waals surface area contributed by atoms with Gasteiger partial charge in [0.1, 0.15) is 12.7 Å². The van der Waals surface area contributed by atoms with Crippen molar-refractivity contribution >= 4 is 35.0 Å². The molecule has 8 nitrogen and oxygen atoms in total. The number of nitrogens with one attached hydrogen (secondary N) is 1. The van der Waals surface area contributed by atoms with Crippen LogP contribution in [0, 0.1) is 0 Å². The van der Waals surface area contributed by atoms with E-state index in [0.717, 1.165) is 4.90 Å². The number of carbonyl (C=O) groups excluding carboxylic acids is 3. The van der Waals surface area contributed by atoms with Crippen LogP contribution in [0.2, 0.25) is 5.02 Å². The molecular weight excluding hydrogens is 334 g/mol. The zero-order chi connectivity index (χ0) is 17.1. The minimum atomic E-state index is -0.328. The fourth-order valence-electron chi connectivity index (χ4n) is 2.44. The maximum absolute atomic E-state index is 12.2. The Balaban J connectivity index is 1.69. The molecule has 0 saturated carbocycles. The molecule has 9 heteroatoms. The molecule has 2 heterocycles. The predicted octanol–water partition coefficient (Wildman–Crippen LogP) is 1.40. The van der Waals surface area contributed by atoms with Gasteiger partial charge >= 0.3 is 0 Å². The number of rotatable bonds is 5. The van der Waals surface area contributed by atoms with E-state index in [2.05, 4.69) is 15.4 Å². The van der Waals surface area contributed by atoms with Crippen LogP contribution in [0.3, 0.4) is 0 Å². The summed E-state index contributed by atoms with van der Waals surface area (Å²) in [7, 11) is 0. The Morgan fingerprint density at radius 1 is 1.25 bits per heavy atom. The lowest BCUT2D eigenvalue weighted by Gasteiger charge is -2.14. The lowest BCUT2D eigenvalue weighted by Crippen LogP contribution is -2.32. The number of hydrogen-bond acceptors (Lipinski definition) is 5. The quantitative estimate of drug-likeness (QED) is 0.824. The largest absolute Gasteiger partial charge is 0.324 e. The number of benzene rings is 1. The van der Waals surface area contributed by atoms with Crippen molar-refractivity contribution in [1.82, 2.24) is 19.7 Å². The van der Waals surface area contributed by atoms with Gasteiger partial charge in [-0.1, -0.05) is 11.6 Å². The van der Waals surface area contributed by atoms with E-state index in [9.17, 15) is 14.4 Å². The minimum absolute atomic E-state index is 0.0147. The van der Waals surface area contributed by atoms with Crippen LogP contribution >= 0.6 is 11.6 Å². The van der Waals surface area contributed by atoms with Crippen molar-refractivity contribution in [2.75, 3.05) is 11.9 Å².